The monoisotopic (exact) mass is 440 g/mol. The molecule has 0 aliphatic heterocycles. The number of carbonyl (C=O) groups is 1. The van der Waals surface area contributed by atoms with Crippen LogP contribution in [0.2, 0.25) is 0 Å². The predicted octanol–water partition coefficient (Wildman–Crippen LogP) is 3.64. The van der Waals surface area contributed by atoms with E-state index >= 15 is 0 Å². The van der Waals surface area contributed by atoms with Crippen LogP contribution in [0.1, 0.15) is 42.5 Å². The first-order valence-electron chi connectivity index (χ1n) is 9.92. The van der Waals surface area contributed by atoms with Crippen molar-refractivity contribution >= 4 is 23.3 Å². The molecule has 0 aliphatic rings. The van der Waals surface area contributed by atoms with Crippen molar-refractivity contribution in [3.05, 3.63) is 71.7 Å². The number of aromatic nitrogens is 3. The molecule has 0 radical (unpaired) electrons. The summed E-state index contributed by atoms with van der Waals surface area (Å²) in [5, 5.41) is 0. The van der Waals surface area contributed by atoms with E-state index in [1.807, 2.05) is 13.8 Å². The van der Waals surface area contributed by atoms with E-state index in [-0.39, 0.29) is 35.2 Å². The minimum atomic E-state index is -0.660. The number of nitrogens with one attached hydrogen (secondary N) is 1. The summed E-state index contributed by atoms with van der Waals surface area (Å²) in [4.78, 5) is 31.7. The van der Waals surface area contributed by atoms with Gasteiger partial charge in [-0.05, 0) is 25.1 Å². The number of methoxy groups -OCH3 is 1. The molecule has 3 heterocycles. The maximum Gasteiger partial charge on any atom is 0.340 e. The quantitative estimate of drug-likeness (QED) is 0.342. The zero-order chi connectivity index (χ0) is 23.5. The molecule has 9 nitrogen and oxygen atoms in total. The summed E-state index contributed by atoms with van der Waals surface area (Å²) in [6.45, 7) is 5.88. The molecule has 0 saturated heterocycles. The Morgan fingerprint density at radius 3 is 2.72 bits per heavy atom. The highest BCUT2D eigenvalue weighted by molar-refractivity contribution is 6.14. The Labute approximate surface area is 185 Å². The van der Waals surface area contributed by atoms with Crippen LogP contribution in [0.15, 0.2) is 58.9 Å². The van der Waals surface area contributed by atoms with Gasteiger partial charge in [0.2, 0.25) is 5.88 Å². The van der Waals surface area contributed by atoms with Crippen molar-refractivity contribution in [2.45, 2.75) is 20.8 Å². The van der Waals surface area contributed by atoms with Crippen molar-refractivity contribution in [1.29, 1.82) is 0 Å². The van der Waals surface area contributed by atoms with Gasteiger partial charge in [0.1, 0.15) is 11.4 Å². The maximum atomic E-state index is 14.2. The Morgan fingerprint density at radius 1 is 1.25 bits per heavy atom. The topological polar surface area (TPSA) is 128 Å². The average molecular weight is 440 g/mol. The van der Waals surface area contributed by atoms with E-state index in [1.54, 1.807) is 25.1 Å². The second-order valence-electron chi connectivity index (χ2n) is 5.81. The lowest BCUT2D eigenvalue weighted by Crippen LogP contribution is -2.19. The van der Waals surface area contributed by atoms with Gasteiger partial charge in [0.05, 0.1) is 31.2 Å². The van der Waals surface area contributed by atoms with Gasteiger partial charge in [-0.25, -0.2) is 24.2 Å². The van der Waals surface area contributed by atoms with E-state index in [4.69, 9.17) is 15.2 Å². The van der Waals surface area contributed by atoms with Gasteiger partial charge in [0.25, 0.3) is 0 Å². The number of aliphatic imine (C=N–C) groups is 2. The largest absolute Gasteiger partial charge is 0.481 e. The Balaban J connectivity index is 0.00000176. The third kappa shape index (κ3) is 5.97. The van der Waals surface area contributed by atoms with Crippen molar-refractivity contribution in [1.82, 2.24) is 15.0 Å². The van der Waals surface area contributed by atoms with Crippen LogP contribution in [0.5, 0.6) is 5.88 Å². The number of carbonyl (C=O) groups excluding carboxylic acids is 1. The van der Waals surface area contributed by atoms with Gasteiger partial charge in [-0.3, -0.25) is 4.98 Å². The van der Waals surface area contributed by atoms with E-state index in [0.29, 0.717) is 11.6 Å². The summed E-state index contributed by atoms with van der Waals surface area (Å²) in [5.74, 6) is -0.935. The first-order chi connectivity index (χ1) is 15.5. The molecule has 10 heteroatoms. The average Bonchev–Trinajstić information content (AvgIpc) is 3.31. The molecule has 0 aliphatic carbocycles. The van der Waals surface area contributed by atoms with Crippen molar-refractivity contribution in [3.8, 4) is 5.88 Å². The standard InChI is InChI=1S/C20H19FN6O3.C2H6/c1-3-30-20(28)12-7-10-24-17(12)19(26-14-8-9-23-11-13(14)21)27-18(22)15-5-4-6-16(25-15)29-2;1-2/h4-11,24H,3H2,1-2H3,(H2,22,23,26,27);1-2H3. The van der Waals surface area contributed by atoms with Crippen LogP contribution in [0.4, 0.5) is 10.1 Å². The summed E-state index contributed by atoms with van der Waals surface area (Å²) in [5.41, 5.74) is 6.81. The van der Waals surface area contributed by atoms with Crippen molar-refractivity contribution in [3.63, 3.8) is 0 Å². The Kier molecular flexibility index (Phi) is 9.03. The highest BCUT2D eigenvalue weighted by atomic mass is 19.1. The molecule has 0 amide bonds. The Bertz CT molecular complexity index is 1110. The van der Waals surface area contributed by atoms with Gasteiger partial charge in [0.15, 0.2) is 17.5 Å². The number of rotatable bonds is 6. The van der Waals surface area contributed by atoms with E-state index in [2.05, 4.69) is 24.9 Å². The van der Waals surface area contributed by atoms with Crippen LogP contribution in [0.3, 0.4) is 0 Å². The number of hydrogen-bond donors (Lipinski definition) is 2. The highest BCUT2D eigenvalue weighted by Crippen LogP contribution is 2.20. The lowest BCUT2D eigenvalue weighted by atomic mass is 10.2. The number of ether oxygens (including phenoxy) is 2. The summed E-state index contributed by atoms with van der Waals surface area (Å²) in [6.07, 6.45) is 3.93. The molecular formula is C22H25FN6O3. The van der Waals surface area contributed by atoms with Gasteiger partial charge in [-0.1, -0.05) is 19.9 Å². The summed E-state index contributed by atoms with van der Waals surface area (Å²) in [7, 11) is 1.48. The van der Waals surface area contributed by atoms with Crippen LogP contribution < -0.4 is 10.5 Å². The van der Waals surface area contributed by atoms with Gasteiger partial charge >= 0.3 is 5.97 Å². The molecule has 3 N–H and O–H groups in total. The summed E-state index contributed by atoms with van der Waals surface area (Å²) < 4.78 is 24.3. The Morgan fingerprint density at radius 2 is 2.03 bits per heavy atom. The molecule has 0 aromatic carbocycles. The van der Waals surface area contributed by atoms with Crippen molar-refractivity contribution in [2.24, 2.45) is 15.7 Å². The first-order valence-corrected chi connectivity index (χ1v) is 9.92. The zero-order valence-corrected chi connectivity index (χ0v) is 18.3. The molecular weight excluding hydrogens is 415 g/mol. The molecule has 3 aromatic heterocycles. The van der Waals surface area contributed by atoms with Gasteiger partial charge in [0, 0.05) is 18.5 Å². The first kappa shape index (κ1) is 24.2. The van der Waals surface area contributed by atoms with Crippen LogP contribution in [0, 0.1) is 5.82 Å². The SMILES string of the molecule is CC.CCOC(=O)c1cc[nH]c1C(N=C(N)c1cccc(OC)n1)=Nc1ccncc1F. The molecule has 3 aromatic rings. The number of esters is 1. The number of pyridine rings is 2. The summed E-state index contributed by atoms with van der Waals surface area (Å²) >= 11 is 0. The third-order valence-electron chi connectivity index (χ3n) is 3.86. The lowest BCUT2D eigenvalue weighted by molar-refractivity contribution is 0.0526. The third-order valence-corrected chi connectivity index (χ3v) is 3.86. The fourth-order valence-corrected chi connectivity index (χ4v) is 2.49. The molecule has 0 fully saturated rings. The molecule has 0 spiro atoms. The van der Waals surface area contributed by atoms with Crippen LogP contribution >= 0.6 is 0 Å². The normalized spacial score (nSPS) is 11.4. The van der Waals surface area contributed by atoms with Crippen molar-refractivity contribution in [2.75, 3.05) is 13.7 Å². The minimum absolute atomic E-state index is 0.00785. The molecule has 0 saturated carbocycles. The number of nitrogens with two attached hydrogens (primary N) is 1. The van der Waals surface area contributed by atoms with E-state index in [9.17, 15) is 9.18 Å². The summed E-state index contributed by atoms with van der Waals surface area (Å²) in [6, 6.07) is 7.87. The van der Waals surface area contributed by atoms with Crippen LogP contribution in [-0.4, -0.2) is 46.3 Å². The fraction of sp³-hybridized carbons (Fsp3) is 0.227. The van der Waals surface area contributed by atoms with Crippen LogP contribution in [-0.2, 0) is 4.74 Å². The number of aromatic amines is 1. The fourth-order valence-electron chi connectivity index (χ4n) is 2.49. The van der Waals surface area contributed by atoms with Crippen LogP contribution in [0.25, 0.3) is 0 Å². The maximum absolute atomic E-state index is 14.2. The molecule has 0 atom stereocenters. The number of amidine groups is 2. The van der Waals surface area contributed by atoms with Gasteiger partial charge in [-0.15, -0.1) is 0 Å². The second-order valence-corrected chi connectivity index (χ2v) is 5.81. The smallest absolute Gasteiger partial charge is 0.340 e. The molecule has 168 valence electrons. The van der Waals surface area contributed by atoms with E-state index in [0.717, 1.165) is 6.20 Å². The Hall–Kier alpha value is -4.08. The molecule has 0 unspecified atom stereocenters. The predicted molar refractivity (Wildman–Crippen MR) is 120 cm³/mol. The van der Waals surface area contributed by atoms with E-state index in [1.165, 1.54) is 31.6 Å². The van der Waals surface area contributed by atoms with Crippen molar-refractivity contribution < 1.29 is 18.7 Å². The number of halogens is 1. The lowest BCUT2D eigenvalue weighted by Gasteiger charge is -2.07. The second kappa shape index (κ2) is 11.9. The number of H-pyrrole nitrogens is 1. The number of nitrogens with zero attached hydrogens (tertiary/aromatic N) is 4. The molecule has 32 heavy (non-hydrogen) atoms. The van der Waals surface area contributed by atoms with Gasteiger partial charge < -0.3 is 20.2 Å². The highest BCUT2D eigenvalue weighted by Gasteiger charge is 2.19. The minimum Gasteiger partial charge on any atom is -0.481 e. The zero-order valence-electron chi connectivity index (χ0n) is 18.3. The van der Waals surface area contributed by atoms with E-state index < -0.39 is 11.8 Å². The molecule has 0 bridgehead atoms. The molecule has 3 rings (SSSR count). The number of hydrogen-bond acceptors (Lipinski definition) is 6. The van der Waals surface area contributed by atoms with Gasteiger partial charge in [-0.2, -0.15) is 0 Å².